The van der Waals surface area contributed by atoms with Crippen molar-refractivity contribution in [1.29, 1.82) is 0 Å². The molecule has 1 aliphatic rings. The van der Waals surface area contributed by atoms with Gasteiger partial charge in [0.25, 0.3) is 0 Å². The van der Waals surface area contributed by atoms with E-state index in [0.29, 0.717) is 41.6 Å². The van der Waals surface area contributed by atoms with Crippen molar-refractivity contribution < 1.29 is 28.8 Å². The molecular weight excluding hydrogens is 444 g/mol. The van der Waals surface area contributed by atoms with Gasteiger partial charge in [-0.3, -0.25) is 4.79 Å². The summed E-state index contributed by atoms with van der Waals surface area (Å²) in [6, 6.07) is 18.6. The van der Waals surface area contributed by atoms with Crippen LogP contribution < -0.4 is 18.9 Å². The van der Waals surface area contributed by atoms with Gasteiger partial charge in [-0.05, 0) is 63.4 Å². The minimum absolute atomic E-state index is 0.186. The van der Waals surface area contributed by atoms with Crippen LogP contribution in [0.4, 0.5) is 0 Å². The number of fused-ring (bicyclic) bond motifs is 1. The van der Waals surface area contributed by atoms with Crippen molar-refractivity contribution in [3.05, 3.63) is 82.9 Å². The summed E-state index contributed by atoms with van der Waals surface area (Å²) in [5.74, 6) is 2.10. The third-order valence-electron chi connectivity index (χ3n) is 5.98. The van der Waals surface area contributed by atoms with Crippen molar-refractivity contribution in [2.24, 2.45) is 0 Å². The summed E-state index contributed by atoms with van der Waals surface area (Å²) in [6.07, 6.45) is 1.56. The standard InChI is InChI=1S/C29H32O6/c1-4-32-22-11-12-23(27(16-22)33-18-20-8-6-5-7-9-20)25(31)19-34-28-21(17-30)10-13-26-24(28)14-15-29(2,3)35-26/h5-13,16,30H,4,14-15,17-19H2,1-3H3. The highest BCUT2D eigenvalue weighted by atomic mass is 16.5. The lowest BCUT2D eigenvalue weighted by Crippen LogP contribution is -2.33. The van der Waals surface area contributed by atoms with Crippen molar-refractivity contribution in [1.82, 2.24) is 0 Å². The molecule has 0 radical (unpaired) electrons. The Labute approximate surface area is 206 Å². The fraction of sp³-hybridized carbons (Fsp3) is 0.345. The summed E-state index contributed by atoms with van der Waals surface area (Å²) in [5.41, 5.74) is 2.66. The van der Waals surface area contributed by atoms with E-state index in [4.69, 9.17) is 18.9 Å². The number of ketones is 1. The Balaban J connectivity index is 1.55. The molecule has 0 amide bonds. The summed E-state index contributed by atoms with van der Waals surface area (Å²) < 4.78 is 23.8. The summed E-state index contributed by atoms with van der Waals surface area (Å²) >= 11 is 0. The summed E-state index contributed by atoms with van der Waals surface area (Å²) in [7, 11) is 0. The molecule has 0 unspecified atom stereocenters. The van der Waals surface area contributed by atoms with E-state index in [2.05, 4.69) is 0 Å². The second-order valence-corrected chi connectivity index (χ2v) is 9.13. The maximum atomic E-state index is 13.3. The van der Waals surface area contributed by atoms with Crippen LogP contribution in [0.5, 0.6) is 23.0 Å². The molecule has 0 fully saturated rings. The molecule has 1 N–H and O–H groups in total. The van der Waals surface area contributed by atoms with Crippen LogP contribution >= 0.6 is 0 Å². The molecule has 4 rings (SSSR count). The van der Waals surface area contributed by atoms with Crippen molar-refractivity contribution in [2.45, 2.75) is 52.4 Å². The van der Waals surface area contributed by atoms with Crippen molar-refractivity contribution in [3.63, 3.8) is 0 Å². The molecule has 3 aromatic rings. The van der Waals surface area contributed by atoms with Crippen molar-refractivity contribution in [3.8, 4) is 23.0 Å². The lowest BCUT2D eigenvalue weighted by molar-refractivity contribution is 0.0812. The zero-order chi connectivity index (χ0) is 24.8. The van der Waals surface area contributed by atoms with Crippen LogP contribution in [0.15, 0.2) is 60.7 Å². The second-order valence-electron chi connectivity index (χ2n) is 9.13. The first kappa shape index (κ1) is 24.6. The maximum absolute atomic E-state index is 13.3. The second kappa shape index (κ2) is 10.8. The van der Waals surface area contributed by atoms with Gasteiger partial charge in [0.05, 0.1) is 18.8 Å². The molecule has 35 heavy (non-hydrogen) atoms. The first-order valence-electron chi connectivity index (χ1n) is 11.9. The van der Waals surface area contributed by atoms with Gasteiger partial charge in [-0.15, -0.1) is 0 Å². The number of ether oxygens (including phenoxy) is 4. The van der Waals surface area contributed by atoms with Gasteiger partial charge in [0.1, 0.15) is 35.2 Å². The number of hydrogen-bond donors (Lipinski definition) is 1. The van der Waals surface area contributed by atoms with Gasteiger partial charge >= 0.3 is 0 Å². The van der Waals surface area contributed by atoms with Gasteiger partial charge in [-0.1, -0.05) is 30.3 Å². The SMILES string of the molecule is CCOc1ccc(C(=O)COc2c(CO)ccc3c2CCC(C)(C)O3)c(OCc2ccccc2)c1. The van der Waals surface area contributed by atoms with Gasteiger partial charge in [0.2, 0.25) is 5.78 Å². The molecular formula is C29H32O6. The van der Waals surface area contributed by atoms with Gasteiger partial charge in [-0.25, -0.2) is 0 Å². The number of carbonyl (C=O) groups excluding carboxylic acids is 1. The first-order chi connectivity index (χ1) is 16.9. The Bertz CT molecular complexity index is 1170. The Morgan fingerprint density at radius 1 is 1.03 bits per heavy atom. The Morgan fingerprint density at radius 3 is 2.57 bits per heavy atom. The number of aliphatic hydroxyl groups excluding tert-OH is 1. The molecule has 6 nitrogen and oxygen atoms in total. The number of rotatable bonds is 10. The Hall–Kier alpha value is -3.51. The number of benzene rings is 3. The minimum Gasteiger partial charge on any atom is -0.494 e. The van der Waals surface area contributed by atoms with Crippen LogP contribution in [-0.2, 0) is 19.6 Å². The monoisotopic (exact) mass is 476 g/mol. The fourth-order valence-corrected chi connectivity index (χ4v) is 4.13. The Kier molecular flexibility index (Phi) is 7.61. The van der Waals surface area contributed by atoms with E-state index in [1.807, 2.05) is 57.2 Å². The fourth-order valence-electron chi connectivity index (χ4n) is 4.13. The number of hydrogen-bond acceptors (Lipinski definition) is 6. The topological polar surface area (TPSA) is 74.2 Å². The normalized spacial score (nSPS) is 13.9. The van der Waals surface area contributed by atoms with E-state index in [-0.39, 0.29) is 24.6 Å². The van der Waals surface area contributed by atoms with E-state index < -0.39 is 0 Å². The third-order valence-corrected chi connectivity index (χ3v) is 5.98. The zero-order valence-electron chi connectivity index (χ0n) is 20.5. The number of carbonyl (C=O) groups is 1. The summed E-state index contributed by atoms with van der Waals surface area (Å²) in [5, 5.41) is 9.87. The van der Waals surface area contributed by atoms with Crippen LogP contribution in [0, 0.1) is 0 Å². The smallest absolute Gasteiger partial charge is 0.203 e. The predicted molar refractivity (Wildman–Crippen MR) is 134 cm³/mol. The number of Topliss-reactive ketones (excluding diaryl/α,β-unsaturated/α-hetero) is 1. The minimum atomic E-state index is -0.270. The number of aliphatic hydroxyl groups is 1. The molecule has 0 spiro atoms. The van der Waals surface area contributed by atoms with Gasteiger partial charge in [0, 0.05) is 17.2 Å². The lowest BCUT2D eigenvalue weighted by atomic mass is 9.92. The van der Waals surface area contributed by atoms with Crippen molar-refractivity contribution >= 4 is 5.78 Å². The van der Waals surface area contributed by atoms with Crippen LogP contribution in [-0.4, -0.2) is 29.7 Å². The molecule has 0 atom stereocenters. The van der Waals surface area contributed by atoms with E-state index in [1.165, 1.54) is 0 Å². The quantitative estimate of drug-likeness (QED) is 0.388. The molecule has 0 saturated heterocycles. The largest absolute Gasteiger partial charge is 0.494 e. The van der Waals surface area contributed by atoms with E-state index >= 15 is 0 Å². The van der Waals surface area contributed by atoms with E-state index in [1.54, 1.807) is 24.3 Å². The van der Waals surface area contributed by atoms with Gasteiger partial charge < -0.3 is 24.1 Å². The molecule has 6 heteroatoms. The molecule has 0 bridgehead atoms. The van der Waals surface area contributed by atoms with Crippen molar-refractivity contribution in [2.75, 3.05) is 13.2 Å². The average molecular weight is 477 g/mol. The summed E-state index contributed by atoms with van der Waals surface area (Å²) in [6.45, 7) is 6.45. The first-order valence-corrected chi connectivity index (χ1v) is 11.9. The van der Waals surface area contributed by atoms with E-state index in [0.717, 1.165) is 29.7 Å². The van der Waals surface area contributed by atoms with Gasteiger partial charge in [-0.2, -0.15) is 0 Å². The molecule has 3 aromatic carbocycles. The molecule has 1 aliphatic heterocycles. The predicted octanol–water partition coefficient (Wildman–Crippen LogP) is 5.52. The lowest BCUT2D eigenvalue weighted by Gasteiger charge is -2.33. The van der Waals surface area contributed by atoms with Crippen LogP contribution in [0.25, 0.3) is 0 Å². The molecule has 0 aromatic heterocycles. The molecule has 184 valence electrons. The Morgan fingerprint density at radius 2 is 1.83 bits per heavy atom. The van der Waals surface area contributed by atoms with E-state index in [9.17, 15) is 9.90 Å². The van der Waals surface area contributed by atoms with Crippen LogP contribution in [0.2, 0.25) is 0 Å². The third kappa shape index (κ3) is 5.95. The highest BCUT2D eigenvalue weighted by Gasteiger charge is 2.30. The summed E-state index contributed by atoms with van der Waals surface area (Å²) in [4.78, 5) is 13.3. The molecule has 0 saturated carbocycles. The van der Waals surface area contributed by atoms with Crippen LogP contribution in [0.3, 0.4) is 0 Å². The molecule has 1 heterocycles. The molecule has 0 aliphatic carbocycles. The van der Waals surface area contributed by atoms with Gasteiger partial charge in [0.15, 0.2) is 6.61 Å². The highest BCUT2D eigenvalue weighted by molar-refractivity contribution is 6.00. The zero-order valence-corrected chi connectivity index (χ0v) is 20.5. The van der Waals surface area contributed by atoms with Crippen LogP contribution in [0.1, 0.15) is 54.2 Å². The highest BCUT2D eigenvalue weighted by Crippen LogP contribution is 2.40. The maximum Gasteiger partial charge on any atom is 0.203 e. The average Bonchev–Trinajstić information content (AvgIpc) is 2.86.